The number of rotatable bonds is 65. The third kappa shape index (κ3) is 67.6. The largest absolute Gasteiger partial charge is 0.477 e. The lowest BCUT2D eigenvalue weighted by Gasteiger charge is -2.25. The summed E-state index contributed by atoms with van der Waals surface area (Å²) in [5.41, 5.74) is 0. The number of ether oxygens (including phenoxy) is 4. The van der Waals surface area contributed by atoms with Gasteiger partial charge in [-0.2, -0.15) is 0 Å². The van der Waals surface area contributed by atoms with Gasteiger partial charge in [0.05, 0.1) is 34.4 Å². The van der Waals surface area contributed by atoms with E-state index in [1.54, 1.807) is 0 Å². The number of hydrogen-bond donors (Lipinski definition) is 1. The number of nitrogens with zero attached hydrogens (tertiary/aromatic N) is 1. The highest BCUT2D eigenvalue weighted by Crippen LogP contribution is 2.18. The molecule has 0 aromatic heterocycles. The summed E-state index contributed by atoms with van der Waals surface area (Å²) in [6, 6.07) is 0. The molecule has 0 saturated carbocycles. The maximum absolute atomic E-state index is 12.9. The third-order valence-electron chi connectivity index (χ3n) is 15.3. The molecule has 0 bridgehead atoms. The number of carboxylic acid groups (broad SMARTS) is 1. The first-order valence-electron chi connectivity index (χ1n) is 35.4. The van der Waals surface area contributed by atoms with Gasteiger partial charge < -0.3 is 28.5 Å². The topological polar surface area (TPSA) is 108 Å². The Morgan fingerprint density at radius 1 is 0.365 bits per heavy atom. The number of unbranched alkanes of at least 4 members (excludes halogenated alkanes) is 34. The molecule has 0 heterocycles. The second-order valence-corrected chi connectivity index (χ2v) is 24.8. The minimum absolute atomic E-state index is 0.179. The molecule has 490 valence electrons. The molecular weight excluding hydrogens is 1050 g/mol. The summed E-state index contributed by atoms with van der Waals surface area (Å²) in [7, 11) is 5.97. The highest BCUT2D eigenvalue weighted by atomic mass is 16.7. The summed E-state index contributed by atoms with van der Waals surface area (Å²) in [6.07, 6.45) is 88.2. The van der Waals surface area contributed by atoms with Gasteiger partial charge in [0, 0.05) is 12.8 Å². The van der Waals surface area contributed by atoms with Crippen LogP contribution in [0.1, 0.15) is 309 Å². The van der Waals surface area contributed by atoms with Gasteiger partial charge in [-0.25, -0.2) is 4.79 Å². The van der Waals surface area contributed by atoms with Gasteiger partial charge in [-0.1, -0.05) is 297 Å². The summed E-state index contributed by atoms with van der Waals surface area (Å²) in [6.45, 7) is 4.75. The molecule has 0 amide bonds. The van der Waals surface area contributed by atoms with Crippen molar-refractivity contribution in [3.05, 3.63) is 97.2 Å². The zero-order chi connectivity index (χ0) is 61.9. The molecule has 0 aliphatic carbocycles. The summed E-state index contributed by atoms with van der Waals surface area (Å²) >= 11 is 0. The Morgan fingerprint density at radius 2 is 0.671 bits per heavy atom. The van der Waals surface area contributed by atoms with E-state index in [4.69, 9.17) is 18.9 Å². The van der Waals surface area contributed by atoms with E-state index in [1.165, 1.54) is 186 Å². The van der Waals surface area contributed by atoms with Crippen molar-refractivity contribution in [2.75, 3.05) is 47.5 Å². The molecule has 9 heteroatoms. The van der Waals surface area contributed by atoms with Crippen LogP contribution in [0.3, 0.4) is 0 Å². The fourth-order valence-corrected chi connectivity index (χ4v) is 9.93. The van der Waals surface area contributed by atoms with Crippen LogP contribution in [0.25, 0.3) is 0 Å². The number of hydrogen-bond acceptors (Lipinski definition) is 7. The summed E-state index contributed by atoms with van der Waals surface area (Å²) in [5.74, 6) is -2.03. The molecule has 0 rings (SSSR count). The minimum atomic E-state index is -1.52. The highest BCUT2D eigenvalue weighted by molar-refractivity contribution is 5.71. The lowest BCUT2D eigenvalue weighted by molar-refractivity contribution is -0.870. The predicted molar refractivity (Wildman–Crippen MR) is 364 cm³/mol. The first-order valence-corrected chi connectivity index (χ1v) is 35.4. The number of carbonyl (C=O) groups excluding carboxylic acids is 2. The Hall–Kier alpha value is -3.79. The van der Waals surface area contributed by atoms with Crippen molar-refractivity contribution in [2.45, 2.75) is 322 Å². The second-order valence-electron chi connectivity index (χ2n) is 24.8. The Morgan fingerprint density at radius 3 is 1.00 bits per heavy atom. The van der Waals surface area contributed by atoms with Crippen LogP contribution in [-0.4, -0.2) is 87.4 Å². The van der Waals surface area contributed by atoms with Crippen LogP contribution in [0.5, 0.6) is 0 Å². The van der Waals surface area contributed by atoms with E-state index in [2.05, 4.69) is 111 Å². The number of allylic oxidation sites excluding steroid dienone is 16. The number of carbonyl (C=O) groups is 3. The van der Waals surface area contributed by atoms with E-state index in [1.807, 2.05) is 21.1 Å². The van der Waals surface area contributed by atoms with E-state index in [-0.39, 0.29) is 32.2 Å². The number of quaternary nitrogens is 1. The van der Waals surface area contributed by atoms with Gasteiger partial charge in [0.25, 0.3) is 6.29 Å². The lowest BCUT2D eigenvalue weighted by atomic mass is 10.0. The third-order valence-corrected chi connectivity index (χ3v) is 15.3. The van der Waals surface area contributed by atoms with E-state index in [0.29, 0.717) is 23.9 Å². The van der Waals surface area contributed by atoms with Gasteiger partial charge in [-0.15, -0.1) is 0 Å². The Balaban J connectivity index is 4.06. The zero-order valence-electron chi connectivity index (χ0n) is 56.0. The molecule has 0 radical (unpaired) electrons. The summed E-state index contributed by atoms with van der Waals surface area (Å²) in [4.78, 5) is 37.6. The van der Waals surface area contributed by atoms with E-state index < -0.39 is 24.3 Å². The first kappa shape index (κ1) is 81.2. The van der Waals surface area contributed by atoms with Gasteiger partial charge in [-0.05, 0) is 96.3 Å². The van der Waals surface area contributed by atoms with Crippen LogP contribution in [0.4, 0.5) is 0 Å². The smallest absolute Gasteiger partial charge is 0.361 e. The number of likely N-dealkylation sites (N-methyl/N-ethyl adjacent to an activating group) is 1. The second kappa shape index (κ2) is 66.2. The average Bonchev–Trinajstić information content (AvgIpc) is 3.49. The van der Waals surface area contributed by atoms with Gasteiger partial charge in [-0.3, -0.25) is 9.59 Å². The Labute approximate surface area is 524 Å². The monoisotopic (exact) mass is 1190 g/mol. The van der Waals surface area contributed by atoms with Crippen LogP contribution in [0.2, 0.25) is 0 Å². The molecule has 2 unspecified atom stereocenters. The maximum Gasteiger partial charge on any atom is 0.361 e. The van der Waals surface area contributed by atoms with Crippen LogP contribution in [0.15, 0.2) is 97.2 Å². The van der Waals surface area contributed by atoms with Crippen LogP contribution < -0.4 is 0 Å². The Bertz CT molecular complexity index is 1720. The maximum atomic E-state index is 12.9. The molecular formula is C76H134NO8+. The van der Waals surface area contributed by atoms with Crippen LogP contribution >= 0.6 is 0 Å². The number of esters is 2. The fraction of sp³-hybridized carbons (Fsp3) is 0.750. The van der Waals surface area contributed by atoms with Crippen molar-refractivity contribution in [3.63, 3.8) is 0 Å². The van der Waals surface area contributed by atoms with Crippen molar-refractivity contribution in [1.82, 2.24) is 0 Å². The van der Waals surface area contributed by atoms with Crippen molar-refractivity contribution in [1.29, 1.82) is 0 Å². The molecule has 0 spiro atoms. The molecule has 0 aliphatic rings. The summed E-state index contributed by atoms with van der Waals surface area (Å²) < 4.78 is 22.9. The quantitative estimate of drug-likeness (QED) is 0.0211. The van der Waals surface area contributed by atoms with Gasteiger partial charge in [0.1, 0.15) is 13.2 Å². The minimum Gasteiger partial charge on any atom is -0.477 e. The van der Waals surface area contributed by atoms with E-state index in [0.717, 1.165) is 89.9 Å². The SMILES string of the molecule is CC/C=C\C/C=C\C/C=C\C/C=C\C/C=C\C/C=C\CCCCCCC(=O)OC(COC(=O)CCCCCCCCCCCCCCCCCCCCCCCCCCC/C=C\C/C=C\CCCCCCC)COC(OCC[N+](C)(C)C)C(=O)O. The molecule has 0 aromatic rings. The summed E-state index contributed by atoms with van der Waals surface area (Å²) in [5, 5.41) is 9.74. The van der Waals surface area contributed by atoms with Crippen molar-refractivity contribution in [2.24, 2.45) is 0 Å². The first-order chi connectivity index (χ1) is 41.6. The van der Waals surface area contributed by atoms with Crippen molar-refractivity contribution >= 4 is 17.9 Å². The molecule has 0 aliphatic heterocycles. The van der Waals surface area contributed by atoms with Crippen molar-refractivity contribution in [3.8, 4) is 0 Å². The molecule has 0 aromatic carbocycles. The fourth-order valence-electron chi connectivity index (χ4n) is 9.93. The van der Waals surface area contributed by atoms with Crippen molar-refractivity contribution < 1.29 is 42.9 Å². The van der Waals surface area contributed by atoms with Crippen LogP contribution in [0, 0.1) is 0 Å². The highest BCUT2D eigenvalue weighted by Gasteiger charge is 2.25. The van der Waals surface area contributed by atoms with Gasteiger partial charge >= 0.3 is 17.9 Å². The molecule has 1 N–H and O–H groups in total. The van der Waals surface area contributed by atoms with Gasteiger partial charge in [0.2, 0.25) is 0 Å². The molecule has 9 nitrogen and oxygen atoms in total. The molecule has 0 saturated heterocycles. The van der Waals surface area contributed by atoms with E-state index in [9.17, 15) is 19.5 Å². The lowest BCUT2D eigenvalue weighted by Crippen LogP contribution is -2.40. The Kier molecular flexibility index (Phi) is 63.2. The number of carboxylic acids is 1. The normalized spacial score (nSPS) is 13.3. The van der Waals surface area contributed by atoms with E-state index >= 15 is 0 Å². The molecule has 85 heavy (non-hydrogen) atoms. The van der Waals surface area contributed by atoms with Gasteiger partial charge in [0.15, 0.2) is 6.10 Å². The average molecular weight is 1190 g/mol. The predicted octanol–water partition coefficient (Wildman–Crippen LogP) is 22.0. The molecule has 2 atom stereocenters. The van der Waals surface area contributed by atoms with Crippen LogP contribution in [-0.2, 0) is 33.3 Å². The number of aliphatic carboxylic acids is 1. The standard InChI is InChI=1S/C76H133NO8/c1-6-8-10-12-14-16-18-20-22-24-26-28-30-31-32-33-34-35-36-37-38-39-40-41-42-43-45-46-48-50-52-54-56-58-60-62-64-66-73(78)83-70-72(71-84-76(75(80)81)82-69-68-77(3,4)5)85-74(79)67-65-63-61-59-57-55-53-51-49-47-44-29-27-25-23-21-19-17-15-13-11-9-7-2/h9,11,15,17-18,20-21,23-24,26-27,29,47,49,53,55,72,76H,6-8,10,12-14,16,19,22,25,28,30-46,48,50-52,54,56-71H2,1-5H3/p+1/b11-9-,17-15-,20-18-,23-21-,26-24-,29-27-,49-47-,55-53-. The molecule has 0 fully saturated rings. The zero-order valence-corrected chi connectivity index (χ0v) is 56.0.